The third-order valence-electron chi connectivity index (χ3n) is 2.73. The second-order valence-electron chi connectivity index (χ2n) is 4.18. The molecule has 0 aromatic heterocycles. The summed E-state index contributed by atoms with van der Waals surface area (Å²) in [5.41, 5.74) is 4.99. The van der Waals surface area contributed by atoms with Gasteiger partial charge >= 0.3 is 12.0 Å². The Hall–Kier alpha value is -2.23. The summed E-state index contributed by atoms with van der Waals surface area (Å²) in [6, 6.07) is -2.91. The molecule has 0 spiro atoms. The number of hydrogen-bond acceptors (Lipinski definition) is 3. The molecule has 5 N–H and O–H groups in total. The average Bonchev–Trinajstić information content (AvgIpc) is 2.33. The summed E-state index contributed by atoms with van der Waals surface area (Å²) in [6.07, 6.45) is 5.51. The molecule has 3 unspecified atom stereocenters. The summed E-state index contributed by atoms with van der Waals surface area (Å²) in [7, 11) is 0. The number of rotatable bonds is 7. The second-order valence-corrected chi connectivity index (χ2v) is 4.18. The summed E-state index contributed by atoms with van der Waals surface area (Å²) >= 11 is 0. The Labute approximate surface area is 111 Å². The van der Waals surface area contributed by atoms with Gasteiger partial charge in [0.05, 0.1) is 0 Å². The van der Waals surface area contributed by atoms with Crippen LogP contribution in [0.25, 0.3) is 0 Å². The van der Waals surface area contributed by atoms with Gasteiger partial charge in [0.2, 0.25) is 5.91 Å². The van der Waals surface area contributed by atoms with Crippen LogP contribution in [0.2, 0.25) is 0 Å². The van der Waals surface area contributed by atoms with E-state index in [2.05, 4.69) is 16.6 Å². The van der Waals surface area contributed by atoms with Gasteiger partial charge in [-0.05, 0) is 5.92 Å². The standard InChI is InChI=1S/C12H19N3O4/c1-4-6-8(11(17)18)14-10(16)9(7(3)5-2)15-12(13)19/h1,7-9H,5-6H2,2-3H3,(H,14,16)(H,17,18)(H3,13,15,19). The molecule has 0 rings (SSSR count). The smallest absolute Gasteiger partial charge is 0.327 e. The minimum absolute atomic E-state index is 0.134. The first-order chi connectivity index (χ1) is 8.83. The fourth-order valence-corrected chi connectivity index (χ4v) is 1.43. The molecule has 0 heterocycles. The van der Waals surface area contributed by atoms with Crippen LogP contribution >= 0.6 is 0 Å². The Morgan fingerprint density at radius 1 is 1.37 bits per heavy atom. The van der Waals surface area contributed by atoms with Gasteiger partial charge in [-0.2, -0.15) is 0 Å². The van der Waals surface area contributed by atoms with Gasteiger partial charge in [-0.1, -0.05) is 20.3 Å². The fraction of sp³-hybridized carbons (Fsp3) is 0.583. The van der Waals surface area contributed by atoms with Crippen molar-refractivity contribution in [3.05, 3.63) is 0 Å². The van der Waals surface area contributed by atoms with Crippen LogP contribution in [-0.2, 0) is 9.59 Å². The molecule has 7 heteroatoms. The number of primary amides is 1. The molecule has 3 amide bonds. The first-order valence-corrected chi connectivity index (χ1v) is 5.86. The highest BCUT2D eigenvalue weighted by atomic mass is 16.4. The summed E-state index contributed by atoms with van der Waals surface area (Å²) in [4.78, 5) is 33.7. The number of aliphatic carboxylic acids is 1. The van der Waals surface area contributed by atoms with E-state index in [-0.39, 0.29) is 12.3 Å². The van der Waals surface area contributed by atoms with Crippen LogP contribution in [0.15, 0.2) is 0 Å². The summed E-state index contributed by atoms with van der Waals surface area (Å²) in [5.74, 6) is 0.139. The number of nitrogens with two attached hydrogens (primary N) is 1. The molecule has 0 aliphatic heterocycles. The molecule has 0 aromatic carbocycles. The number of amides is 3. The fourth-order valence-electron chi connectivity index (χ4n) is 1.43. The van der Waals surface area contributed by atoms with E-state index in [4.69, 9.17) is 17.3 Å². The largest absolute Gasteiger partial charge is 0.480 e. The monoisotopic (exact) mass is 269 g/mol. The normalized spacial score (nSPS) is 14.6. The van der Waals surface area contributed by atoms with Gasteiger partial charge in [-0.25, -0.2) is 9.59 Å². The zero-order chi connectivity index (χ0) is 15.0. The van der Waals surface area contributed by atoms with Gasteiger partial charge in [0.1, 0.15) is 12.1 Å². The maximum Gasteiger partial charge on any atom is 0.327 e. The summed E-state index contributed by atoms with van der Waals surface area (Å²) < 4.78 is 0. The van der Waals surface area contributed by atoms with E-state index in [1.807, 2.05) is 6.92 Å². The van der Waals surface area contributed by atoms with Crippen molar-refractivity contribution in [1.82, 2.24) is 10.6 Å². The van der Waals surface area contributed by atoms with Crippen molar-refractivity contribution < 1.29 is 19.5 Å². The number of carbonyl (C=O) groups is 3. The molecular formula is C12H19N3O4. The molecule has 0 fully saturated rings. The van der Waals surface area contributed by atoms with Crippen molar-refractivity contribution in [1.29, 1.82) is 0 Å². The van der Waals surface area contributed by atoms with E-state index in [0.29, 0.717) is 6.42 Å². The van der Waals surface area contributed by atoms with E-state index >= 15 is 0 Å². The lowest BCUT2D eigenvalue weighted by Gasteiger charge is -2.24. The van der Waals surface area contributed by atoms with E-state index in [0.717, 1.165) is 0 Å². The number of nitrogens with one attached hydrogen (secondary N) is 2. The maximum absolute atomic E-state index is 12.0. The van der Waals surface area contributed by atoms with Crippen LogP contribution in [0, 0.1) is 18.3 Å². The van der Waals surface area contributed by atoms with E-state index in [1.165, 1.54) is 0 Å². The van der Waals surface area contributed by atoms with Crippen LogP contribution in [-0.4, -0.2) is 35.1 Å². The van der Waals surface area contributed by atoms with E-state index in [1.54, 1.807) is 6.92 Å². The topological polar surface area (TPSA) is 122 Å². The molecule has 0 aromatic rings. The first-order valence-electron chi connectivity index (χ1n) is 5.86. The van der Waals surface area contributed by atoms with Crippen LogP contribution in [0.5, 0.6) is 0 Å². The highest BCUT2D eigenvalue weighted by Crippen LogP contribution is 2.08. The highest BCUT2D eigenvalue weighted by Gasteiger charge is 2.28. The molecule has 0 saturated heterocycles. The predicted molar refractivity (Wildman–Crippen MR) is 69.0 cm³/mol. The number of carbonyl (C=O) groups excluding carboxylic acids is 2. The van der Waals surface area contributed by atoms with E-state index in [9.17, 15) is 14.4 Å². The van der Waals surface area contributed by atoms with Gasteiger partial charge in [-0.15, -0.1) is 12.3 Å². The zero-order valence-corrected chi connectivity index (χ0v) is 11.0. The van der Waals surface area contributed by atoms with Crippen molar-refractivity contribution >= 4 is 17.9 Å². The molecule has 0 radical (unpaired) electrons. The lowest BCUT2D eigenvalue weighted by Crippen LogP contribution is -2.55. The Kier molecular flexibility index (Phi) is 7.04. The molecule has 19 heavy (non-hydrogen) atoms. The molecule has 106 valence electrons. The zero-order valence-electron chi connectivity index (χ0n) is 11.0. The number of carboxylic acids is 1. The van der Waals surface area contributed by atoms with Crippen molar-refractivity contribution in [3.8, 4) is 12.3 Å². The Balaban J connectivity index is 4.84. The van der Waals surface area contributed by atoms with Crippen molar-refractivity contribution in [2.45, 2.75) is 38.8 Å². The Morgan fingerprint density at radius 3 is 2.32 bits per heavy atom. The lowest BCUT2D eigenvalue weighted by molar-refractivity contribution is -0.142. The number of carboxylic acid groups (broad SMARTS) is 1. The maximum atomic E-state index is 12.0. The number of hydrogen-bond donors (Lipinski definition) is 4. The van der Waals surface area contributed by atoms with Crippen LogP contribution in [0.1, 0.15) is 26.7 Å². The Morgan fingerprint density at radius 2 is 1.95 bits per heavy atom. The summed E-state index contributed by atoms with van der Waals surface area (Å²) in [5, 5.41) is 13.5. The van der Waals surface area contributed by atoms with E-state index < -0.39 is 30.0 Å². The number of terminal acetylenes is 1. The highest BCUT2D eigenvalue weighted by molar-refractivity contribution is 5.90. The van der Waals surface area contributed by atoms with Gasteiger partial charge < -0.3 is 21.5 Å². The molecule has 0 bridgehead atoms. The van der Waals surface area contributed by atoms with Crippen LogP contribution in [0.3, 0.4) is 0 Å². The third-order valence-corrected chi connectivity index (χ3v) is 2.73. The Bertz CT molecular complexity index is 389. The average molecular weight is 269 g/mol. The predicted octanol–water partition coefficient (Wildman–Crippen LogP) is -0.338. The molecule has 0 saturated carbocycles. The molecule has 0 aliphatic carbocycles. The lowest BCUT2D eigenvalue weighted by atomic mass is 9.98. The minimum Gasteiger partial charge on any atom is -0.480 e. The molecular weight excluding hydrogens is 250 g/mol. The van der Waals surface area contributed by atoms with Crippen molar-refractivity contribution in [2.24, 2.45) is 11.7 Å². The van der Waals surface area contributed by atoms with Gasteiger partial charge in [-0.3, -0.25) is 4.79 Å². The van der Waals surface area contributed by atoms with Crippen LogP contribution in [0.4, 0.5) is 4.79 Å². The first kappa shape index (κ1) is 16.8. The quantitative estimate of drug-likeness (QED) is 0.472. The summed E-state index contributed by atoms with van der Waals surface area (Å²) in [6.45, 7) is 3.58. The molecule has 3 atom stereocenters. The molecule has 7 nitrogen and oxygen atoms in total. The SMILES string of the molecule is C#CCC(NC(=O)C(NC(N)=O)C(C)CC)C(=O)O. The third kappa shape index (κ3) is 5.77. The van der Waals surface area contributed by atoms with Crippen molar-refractivity contribution in [3.63, 3.8) is 0 Å². The minimum atomic E-state index is -1.23. The van der Waals surface area contributed by atoms with Gasteiger partial charge in [0.25, 0.3) is 0 Å². The van der Waals surface area contributed by atoms with Crippen molar-refractivity contribution in [2.75, 3.05) is 0 Å². The molecule has 0 aliphatic rings. The second kappa shape index (κ2) is 7.97. The number of urea groups is 1. The van der Waals surface area contributed by atoms with Crippen LogP contribution < -0.4 is 16.4 Å². The van der Waals surface area contributed by atoms with Gasteiger partial charge in [0, 0.05) is 6.42 Å². The van der Waals surface area contributed by atoms with Gasteiger partial charge in [0.15, 0.2) is 0 Å².